The summed E-state index contributed by atoms with van der Waals surface area (Å²) >= 11 is 0. The first-order valence-electron chi connectivity index (χ1n) is 6.09. The molecule has 94 valence electrons. The van der Waals surface area contributed by atoms with Gasteiger partial charge in [-0.25, -0.2) is 4.79 Å². The fourth-order valence-corrected chi connectivity index (χ4v) is 2.09. The molecule has 1 atom stereocenters. The molecule has 1 saturated heterocycles. The molecule has 1 amide bonds. The normalized spacial score (nSPS) is 21.0. The van der Waals surface area contributed by atoms with Crippen LogP contribution < -0.4 is 11.1 Å². The molecule has 1 rings (SSSR count). The topological polar surface area (TPSA) is 67.6 Å². The lowest BCUT2D eigenvalue weighted by molar-refractivity contribution is 0.151. The van der Waals surface area contributed by atoms with Gasteiger partial charge >= 0.3 is 6.09 Å². The van der Waals surface area contributed by atoms with Crippen molar-refractivity contribution in [3.05, 3.63) is 0 Å². The van der Waals surface area contributed by atoms with Crippen molar-refractivity contribution in [1.82, 2.24) is 10.2 Å². The van der Waals surface area contributed by atoms with E-state index >= 15 is 0 Å². The lowest BCUT2D eigenvalue weighted by atomic mass is 10.1. The van der Waals surface area contributed by atoms with Crippen molar-refractivity contribution in [2.75, 3.05) is 39.3 Å². The first kappa shape index (κ1) is 13.3. The molecule has 0 radical (unpaired) electrons. The summed E-state index contributed by atoms with van der Waals surface area (Å²) in [5, 5.41) is 2.75. The Bertz CT molecular complexity index is 211. The van der Waals surface area contributed by atoms with Gasteiger partial charge in [-0.05, 0) is 32.2 Å². The summed E-state index contributed by atoms with van der Waals surface area (Å²) in [5.41, 5.74) is 5.51. The molecule has 3 N–H and O–H groups in total. The SMILES string of the molecule is CCOC(=O)NCCC1CCN(CCN)C1. The maximum atomic E-state index is 11.0. The number of amides is 1. The van der Waals surface area contributed by atoms with Crippen LogP contribution in [-0.2, 0) is 4.74 Å². The number of likely N-dealkylation sites (tertiary alicyclic amines) is 1. The van der Waals surface area contributed by atoms with Gasteiger partial charge in [-0.1, -0.05) is 0 Å². The standard InChI is InChI=1S/C11H23N3O2/c1-2-16-11(15)13-6-3-10-4-7-14(9-10)8-5-12/h10H,2-9,12H2,1H3,(H,13,15). The highest BCUT2D eigenvalue weighted by atomic mass is 16.5. The summed E-state index contributed by atoms with van der Waals surface area (Å²) < 4.78 is 4.79. The highest BCUT2D eigenvalue weighted by Gasteiger charge is 2.21. The predicted molar refractivity (Wildman–Crippen MR) is 63.2 cm³/mol. The number of alkyl carbamates (subject to hydrolysis) is 1. The number of hydrogen-bond acceptors (Lipinski definition) is 4. The second-order valence-electron chi connectivity index (χ2n) is 4.18. The van der Waals surface area contributed by atoms with E-state index in [1.54, 1.807) is 6.92 Å². The third kappa shape index (κ3) is 4.81. The average molecular weight is 229 g/mol. The van der Waals surface area contributed by atoms with Crippen molar-refractivity contribution in [2.24, 2.45) is 11.7 Å². The number of ether oxygens (including phenoxy) is 1. The second kappa shape index (κ2) is 7.46. The maximum absolute atomic E-state index is 11.0. The average Bonchev–Trinajstić information content (AvgIpc) is 2.67. The van der Waals surface area contributed by atoms with Gasteiger partial charge in [-0.3, -0.25) is 0 Å². The molecule has 1 unspecified atom stereocenters. The summed E-state index contributed by atoms with van der Waals surface area (Å²) in [6, 6.07) is 0. The molecule has 1 heterocycles. The monoisotopic (exact) mass is 229 g/mol. The highest BCUT2D eigenvalue weighted by molar-refractivity contribution is 5.66. The molecule has 16 heavy (non-hydrogen) atoms. The zero-order valence-corrected chi connectivity index (χ0v) is 10.1. The minimum atomic E-state index is -0.306. The van der Waals surface area contributed by atoms with Crippen molar-refractivity contribution in [3.63, 3.8) is 0 Å². The number of nitrogens with two attached hydrogens (primary N) is 1. The molecule has 0 aromatic heterocycles. The van der Waals surface area contributed by atoms with Gasteiger partial charge in [0.05, 0.1) is 6.61 Å². The van der Waals surface area contributed by atoms with E-state index in [1.165, 1.54) is 6.42 Å². The number of nitrogens with one attached hydrogen (secondary N) is 1. The Morgan fingerprint density at radius 2 is 2.44 bits per heavy atom. The van der Waals surface area contributed by atoms with Crippen molar-refractivity contribution < 1.29 is 9.53 Å². The molecule has 0 aromatic carbocycles. The molecular formula is C11H23N3O2. The summed E-state index contributed by atoms with van der Waals surface area (Å²) in [7, 11) is 0. The predicted octanol–water partition coefficient (Wildman–Crippen LogP) is 0.403. The Morgan fingerprint density at radius 3 is 3.12 bits per heavy atom. The largest absolute Gasteiger partial charge is 0.450 e. The number of rotatable bonds is 6. The molecule has 1 aliphatic heterocycles. The molecule has 0 saturated carbocycles. The highest BCUT2D eigenvalue weighted by Crippen LogP contribution is 2.18. The van der Waals surface area contributed by atoms with Gasteiger partial charge in [-0.15, -0.1) is 0 Å². The van der Waals surface area contributed by atoms with Gasteiger partial charge in [-0.2, -0.15) is 0 Å². The van der Waals surface area contributed by atoms with Crippen LogP contribution >= 0.6 is 0 Å². The summed E-state index contributed by atoms with van der Waals surface area (Å²) in [6.07, 6.45) is 1.93. The van der Waals surface area contributed by atoms with E-state index in [-0.39, 0.29) is 6.09 Å². The van der Waals surface area contributed by atoms with E-state index in [9.17, 15) is 4.79 Å². The van der Waals surface area contributed by atoms with Crippen molar-refractivity contribution in [1.29, 1.82) is 0 Å². The lowest BCUT2D eigenvalue weighted by Crippen LogP contribution is -2.29. The van der Waals surface area contributed by atoms with E-state index < -0.39 is 0 Å². The Kier molecular flexibility index (Phi) is 6.18. The van der Waals surface area contributed by atoms with E-state index in [4.69, 9.17) is 10.5 Å². The van der Waals surface area contributed by atoms with E-state index in [2.05, 4.69) is 10.2 Å². The Hall–Kier alpha value is -0.810. The smallest absolute Gasteiger partial charge is 0.407 e. The molecule has 1 aliphatic rings. The minimum Gasteiger partial charge on any atom is -0.450 e. The quantitative estimate of drug-likeness (QED) is 0.692. The molecule has 0 spiro atoms. The van der Waals surface area contributed by atoms with E-state index in [1.807, 2.05) is 0 Å². The van der Waals surface area contributed by atoms with Gasteiger partial charge in [0.15, 0.2) is 0 Å². The maximum Gasteiger partial charge on any atom is 0.407 e. The van der Waals surface area contributed by atoms with Crippen molar-refractivity contribution in [3.8, 4) is 0 Å². The fourth-order valence-electron chi connectivity index (χ4n) is 2.09. The number of hydrogen-bond donors (Lipinski definition) is 2. The third-order valence-corrected chi connectivity index (χ3v) is 2.91. The molecule has 0 aliphatic carbocycles. The zero-order chi connectivity index (χ0) is 11.8. The third-order valence-electron chi connectivity index (χ3n) is 2.91. The van der Waals surface area contributed by atoms with Gasteiger partial charge in [0.25, 0.3) is 0 Å². The van der Waals surface area contributed by atoms with Gasteiger partial charge in [0, 0.05) is 26.2 Å². The Morgan fingerprint density at radius 1 is 1.62 bits per heavy atom. The first-order chi connectivity index (χ1) is 7.76. The Balaban J connectivity index is 2.04. The summed E-state index contributed by atoms with van der Waals surface area (Å²) in [4.78, 5) is 13.4. The van der Waals surface area contributed by atoms with Crippen LogP contribution in [-0.4, -0.2) is 50.3 Å². The number of nitrogens with zero attached hydrogens (tertiary/aromatic N) is 1. The zero-order valence-electron chi connectivity index (χ0n) is 10.1. The van der Waals surface area contributed by atoms with Gasteiger partial charge in [0.1, 0.15) is 0 Å². The van der Waals surface area contributed by atoms with Crippen LogP contribution in [0.2, 0.25) is 0 Å². The van der Waals surface area contributed by atoms with Crippen LogP contribution in [0, 0.1) is 5.92 Å². The molecule has 5 nitrogen and oxygen atoms in total. The lowest BCUT2D eigenvalue weighted by Gasteiger charge is -2.14. The van der Waals surface area contributed by atoms with Crippen LogP contribution in [0.1, 0.15) is 19.8 Å². The summed E-state index contributed by atoms with van der Waals surface area (Å²) in [5.74, 6) is 0.688. The molecular weight excluding hydrogens is 206 g/mol. The van der Waals surface area contributed by atoms with Crippen molar-refractivity contribution in [2.45, 2.75) is 19.8 Å². The first-order valence-corrected chi connectivity index (χ1v) is 6.09. The molecule has 1 fully saturated rings. The minimum absolute atomic E-state index is 0.306. The summed E-state index contributed by atoms with van der Waals surface area (Å²) in [6.45, 7) is 6.92. The Labute approximate surface area is 97.3 Å². The molecule has 0 bridgehead atoms. The van der Waals surface area contributed by atoms with E-state index in [0.717, 1.165) is 32.6 Å². The van der Waals surface area contributed by atoms with Crippen LogP contribution in [0.15, 0.2) is 0 Å². The van der Waals surface area contributed by atoms with Crippen molar-refractivity contribution >= 4 is 6.09 Å². The molecule has 5 heteroatoms. The molecule has 0 aromatic rings. The van der Waals surface area contributed by atoms with Gasteiger partial charge in [0.2, 0.25) is 0 Å². The van der Waals surface area contributed by atoms with Gasteiger partial charge < -0.3 is 20.7 Å². The van der Waals surface area contributed by atoms with Crippen LogP contribution in [0.3, 0.4) is 0 Å². The van der Waals surface area contributed by atoms with E-state index in [0.29, 0.717) is 19.1 Å². The fraction of sp³-hybridized carbons (Fsp3) is 0.909. The van der Waals surface area contributed by atoms with Crippen LogP contribution in [0.5, 0.6) is 0 Å². The number of carbonyl (C=O) groups is 1. The van der Waals surface area contributed by atoms with Crippen LogP contribution in [0.4, 0.5) is 4.79 Å². The van der Waals surface area contributed by atoms with Crippen LogP contribution in [0.25, 0.3) is 0 Å². The number of carbonyl (C=O) groups excluding carboxylic acids is 1. The second-order valence-corrected chi connectivity index (χ2v) is 4.18.